The lowest BCUT2D eigenvalue weighted by molar-refractivity contribution is 0.102. The van der Waals surface area contributed by atoms with Gasteiger partial charge in [-0.1, -0.05) is 0 Å². The Morgan fingerprint density at radius 3 is 2.67 bits per heavy atom. The number of hydrogen-bond acceptors (Lipinski definition) is 2. The topological polar surface area (TPSA) is 54.1 Å². The van der Waals surface area contributed by atoms with Crippen molar-refractivity contribution < 1.29 is 9.53 Å². The molecule has 4 nitrogen and oxygen atoms in total. The van der Waals surface area contributed by atoms with E-state index in [0.717, 1.165) is 29.8 Å². The Morgan fingerprint density at radius 2 is 1.88 bits per heavy atom. The highest BCUT2D eigenvalue weighted by Crippen LogP contribution is 2.30. The highest BCUT2D eigenvalue weighted by Gasteiger charge is 2.16. The van der Waals surface area contributed by atoms with Crippen LogP contribution < -0.4 is 10.1 Å². The first-order valence-corrected chi connectivity index (χ1v) is 8.33. The van der Waals surface area contributed by atoms with E-state index in [2.05, 4.69) is 10.3 Å². The van der Waals surface area contributed by atoms with E-state index in [4.69, 9.17) is 4.74 Å². The summed E-state index contributed by atoms with van der Waals surface area (Å²) in [6.07, 6.45) is 4.67. The Labute approximate surface area is 140 Å². The number of fused-ring (bicyclic) bond motifs is 3. The number of carbonyl (C=O) groups excluding carboxylic acids is 1. The van der Waals surface area contributed by atoms with Gasteiger partial charge in [0, 0.05) is 27.8 Å². The summed E-state index contributed by atoms with van der Waals surface area (Å²) in [5.74, 6) is 0.682. The zero-order chi connectivity index (χ0) is 16.5. The molecule has 2 aromatic carbocycles. The molecule has 4 rings (SSSR count). The van der Waals surface area contributed by atoms with E-state index in [0.29, 0.717) is 5.56 Å². The average Bonchev–Trinajstić information content (AvgIpc) is 3.00. The molecule has 2 N–H and O–H groups in total. The van der Waals surface area contributed by atoms with Gasteiger partial charge in [-0.2, -0.15) is 0 Å². The van der Waals surface area contributed by atoms with Gasteiger partial charge in [-0.05, 0) is 73.7 Å². The Bertz CT molecular complexity index is 894. The molecule has 0 bridgehead atoms. The number of anilines is 1. The molecule has 0 aliphatic heterocycles. The first-order valence-electron chi connectivity index (χ1n) is 8.33. The lowest BCUT2D eigenvalue weighted by Crippen LogP contribution is -2.11. The van der Waals surface area contributed by atoms with E-state index in [1.165, 1.54) is 29.5 Å². The van der Waals surface area contributed by atoms with Crippen LogP contribution in [0.25, 0.3) is 10.9 Å². The number of aryl methyl sites for hydroxylation is 2. The van der Waals surface area contributed by atoms with Crippen LogP contribution in [0.1, 0.15) is 34.5 Å². The number of aromatic amines is 1. The number of ether oxygens (including phenoxy) is 1. The first kappa shape index (κ1) is 14.8. The summed E-state index contributed by atoms with van der Waals surface area (Å²) in [6.45, 7) is 0. The number of nitrogens with one attached hydrogen (secondary N) is 2. The van der Waals surface area contributed by atoms with Crippen LogP contribution in [0.4, 0.5) is 5.69 Å². The molecule has 0 radical (unpaired) electrons. The van der Waals surface area contributed by atoms with Gasteiger partial charge in [0.2, 0.25) is 0 Å². The molecule has 0 atom stereocenters. The van der Waals surface area contributed by atoms with E-state index in [9.17, 15) is 4.79 Å². The molecule has 122 valence electrons. The quantitative estimate of drug-likeness (QED) is 0.755. The fraction of sp³-hybridized carbons (Fsp3) is 0.250. The number of hydrogen-bond donors (Lipinski definition) is 2. The van der Waals surface area contributed by atoms with Crippen LogP contribution in [0, 0.1) is 0 Å². The highest BCUT2D eigenvalue weighted by molar-refractivity contribution is 6.06. The number of aromatic nitrogens is 1. The van der Waals surface area contributed by atoms with E-state index in [1.54, 1.807) is 7.11 Å². The molecule has 0 spiro atoms. The number of rotatable bonds is 3. The largest absolute Gasteiger partial charge is 0.497 e. The minimum absolute atomic E-state index is 0.0900. The molecule has 1 aliphatic rings. The highest BCUT2D eigenvalue weighted by atomic mass is 16.5. The zero-order valence-corrected chi connectivity index (χ0v) is 13.7. The van der Waals surface area contributed by atoms with Crippen molar-refractivity contribution in [3.05, 3.63) is 59.3 Å². The standard InChI is InChI=1S/C20H20N2O2/c1-24-15-9-7-14(8-10-15)21-20(23)13-6-11-19-17(12-13)16-4-2-3-5-18(16)22-19/h6-12,22H,2-5H2,1H3,(H,21,23). The van der Waals surface area contributed by atoms with E-state index < -0.39 is 0 Å². The number of carbonyl (C=O) groups is 1. The smallest absolute Gasteiger partial charge is 0.255 e. The van der Waals surface area contributed by atoms with Crippen molar-refractivity contribution in [3.8, 4) is 5.75 Å². The molecular weight excluding hydrogens is 300 g/mol. The van der Waals surface area contributed by atoms with Crippen molar-refractivity contribution in [2.75, 3.05) is 12.4 Å². The number of amides is 1. The number of methoxy groups -OCH3 is 1. The van der Waals surface area contributed by atoms with Crippen LogP contribution in [0.15, 0.2) is 42.5 Å². The molecule has 1 amide bonds. The van der Waals surface area contributed by atoms with Crippen LogP contribution in [-0.2, 0) is 12.8 Å². The van der Waals surface area contributed by atoms with Crippen LogP contribution in [0.5, 0.6) is 5.75 Å². The first-order chi connectivity index (χ1) is 11.7. The summed E-state index contributed by atoms with van der Waals surface area (Å²) in [7, 11) is 1.63. The van der Waals surface area contributed by atoms with Crippen molar-refractivity contribution in [2.45, 2.75) is 25.7 Å². The SMILES string of the molecule is COc1ccc(NC(=O)c2ccc3[nH]c4c(c3c2)CCCC4)cc1. The molecular formula is C20H20N2O2. The monoisotopic (exact) mass is 320 g/mol. The molecule has 1 aromatic heterocycles. The molecule has 1 heterocycles. The fourth-order valence-corrected chi connectivity index (χ4v) is 3.42. The Hall–Kier alpha value is -2.75. The van der Waals surface area contributed by atoms with Crippen molar-refractivity contribution in [1.82, 2.24) is 4.98 Å². The minimum atomic E-state index is -0.0900. The van der Waals surface area contributed by atoms with Crippen molar-refractivity contribution in [1.29, 1.82) is 0 Å². The summed E-state index contributed by atoms with van der Waals surface area (Å²) >= 11 is 0. The number of benzene rings is 2. The van der Waals surface area contributed by atoms with Gasteiger partial charge in [-0.15, -0.1) is 0 Å². The van der Waals surface area contributed by atoms with Gasteiger partial charge >= 0.3 is 0 Å². The molecule has 3 aromatic rings. The lowest BCUT2D eigenvalue weighted by Gasteiger charge is -2.10. The lowest BCUT2D eigenvalue weighted by atomic mass is 9.95. The Balaban J connectivity index is 1.61. The van der Waals surface area contributed by atoms with Crippen molar-refractivity contribution >= 4 is 22.5 Å². The summed E-state index contributed by atoms with van der Waals surface area (Å²) in [5.41, 5.74) is 5.30. The van der Waals surface area contributed by atoms with Gasteiger partial charge < -0.3 is 15.0 Å². The van der Waals surface area contributed by atoms with Crippen molar-refractivity contribution in [3.63, 3.8) is 0 Å². The normalized spacial score (nSPS) is 13.5. The summed E-state index contributed by atoms with van der Waals surface area (Å²) < 4.78 is 5.13. The van der Waals surface area contributed by atoms with Gasteiger partial charge in [0.05, 0.1) is 7.11 Å². The van der Waals surface area contributed by atoms with Crippen molar-refractivity contribution in [2.24, 2.45) is 0 Å². The van der Waals surface area contributed by atoms with Gasteiger partial charge in [0.25, 0.3) is 5.91 Å². The third-order valence-corrected chi connectivity index (χ3v) is 4.71. The second-order valence-electron chi connectivity index (χ2n) is 6.23. The van der Waals surface area contributed by atoms with Crippen LogP contribution in [0.2, 0.25) is 0 Å². The fourth-order valence-electron chi connectivity index (χ4n) is 3.42. The van der Waals surface area contributed by atoms with Gasteiger partial charge in [0.15, 0.2) is 0 Å². The van der Waals surface area contributed by atoms with E-state index >= 15 is 0 Å². The molecule has 4 heteroatoms. The van der Waals surface area contributed by atoms with Crippen LogP contribution >= 0.6 is 0 Å². The second kappa shape index (κ2) is 6.04. The van der Waals surface area contributed by atoms with Crippen LogP contribution in [0.3, 0.4) is 0 Å². The maximum Gasteiger partial charge on any atom is 0.255 e. The summed E-state index contributed by atoms with van der Waals surface area (Å²) in [6, 6.07) is 13.2. The Morgan fingerprint density at radius 1 is 1.08 bits per heavy atom. The molecule has 1 aliphatic carbocycles. The van der Waals surface area contributed by atoms with Gasteiger partial charge in [0.1, 0.15) is 5.75 Å². The minimum Gasteiger partial charge on any atom is -0.497 e. The maximum absolute atomic E-state index is 12.5. The third-order valence-electron chi connectivity index (χ3n) is 4.71. The average molecular weight is 320 g/mol. The molecule has 0 saturated heterocycles. The van der Waals surface area contributed by atoms with Gasteiger partial charge in [-0.25, -0.2) is 0 Å². The third kappa shape index (κ3) is 2.64. The molecule has 24 heavy (non-hydrogen) atoms. The predicted octanol–water partition coefficient (Wildman–Crippen LogP) is 4.31. The van der Waals surface area contributed by atoms with E-state index in [-0.39, 0.29) is 5.91 Å². The van der Waals surface area contributed by atoms with Gasteiger partial charge in [-0.3, -0.25) is 4.79 Å². The molecule has 0 unspecified atom stereocenters. The second-order valence-corrected chi connectivity index (χ2v) is 6.23. The molecule has 0 saturated carbocycles. The maximum atomic E-state index is 12.5. The summed E-state index contributed by atoms with van der Waals surface area (Å²) in [5, 5.41) is 4.13. The number of H-pyrrole nitrogens is 1. The zero-order valence-electron chi connectivity index (χ0n) is 13.7. The summed E-state index contributed by atoms with van der Waals surface area (Å²) in [4.78, 5) is 16.0. The van der Waals surface area contributed by atoms with E-state index in [1.807, 2.05) is 42.5 Å². The van der Waals surface area contributed by atoms with Crippen LogP contribution in [-0.4, -0.2) is 18.0 Å². The molecule has 0 fully saturated rings. The predicted molar refractivity (Wildman–Crippen MR) is 95.9 cm³/mol. The Kier molecular flexibility index (Phi) is 3.73.